The van der Waals surface area contributed by atoms with E-state index in [1.807, 2.05) is 6.08 Å². The average molecular weight is 496 g/mol. The molecule has 0 atom stereocenters. The predicted molar refractivity (Wildman–Crippen MR) is 131 cm³/mol. The molecule has 0 radical (unpaired) electrons. The van der Waals surface area contributed by atoms with Gasteiger partial charge in [0.1, 0.15) is 5.70 Å². The molecule has 3 amide bonds. The number of halogens is 3. The molecule has 3 N–H and O–H groups in total. The van der Waals surface area contributed by atoms with Crippen LogP contribution in [0.1, 0.15) is 39.0 Å². The van der Waals surface area contributed by atoms with Crippen LogP contribution in [0.25, 0.3) is 0 Å². The van der Waals surface area contributed by atoms with Gasteiger partial charge in [-0.2, -0.15) is 0 Å². The summed E-state index contributed by atoms with van der Waals surface area (Å²) < 4.78 is 0. The molecule has 32 heavy (non-hydrogen) atoms. The Hall–Kier alpha value is -2.28. The summed E-state index contributed by atoms with van der Waals surface area (Å²) in [6.07, 6.45) is 7.85. The van der Waals surface area contributed by atoms with Crippen LogP contribution in [0.5, 0.6) is 0 Å². The van der Waals surface area contributed by atoms with Gasteiger partial charge in [-0.25, -0.2) is 9.79 Å². The van der Waals surface area contributed by atoms with Gasteiger partial charge in [-0.15, -0.1) is 0 Å². The minimum absolute atomic E-state index is 0.0826. The zero-order chi connectivity index (χ0) is 23.3. The SMILES string of the molecule is CC(C(=Nc1ccc(Cl)cc1Cl)C1=CC=C(Cl)CC1)=C(N)C(=O)NC(=O)N1CCCCC1. The molecule has 3 rings (SSSR count). The highest BCUT2D eigenvalue weighted by atomic mass is 35.5. The summed E-state index contributed by atoms with van der Waals surface area (Å²) in [5, 5.41) is 3.99. The predicted octanol–water partition coefficient (Wildman–Crippen LogP) is 5.86. The molecule has 0 saturated carbocycles. The second-order valence-electron chi connectivity index (χ2n) is 7.71. The maximum Gasteiger partial charge on any atom is 0.324 e. The monoisotopic (exact) mass is 494 g/mol. The van der Waals surface area contributed by atoms with Crippen molar-refractivity contribution in [2.45, 2.75) is 39.0 Å². The fourth-order valence-corrected chi connectivity index (χ4v) is 4.14. The van der Waals surface area contributed by atoms with Crippen LogP contribution in [0.3, 0.4) is 0 Å². The van der Waals surface area contributed by atoms with E-state index in [4.69, 9.17) is 45.5 Å². The zero-order valence-electron chi connectivity index (χ0n) is 17.8. The first-order valence-electron chi connectivity index (χ1n) is 10.4. The van der Waals surface area contributed by atoms with Gasteiger partial charge in [-0.05, 0) is 68.9 Å². The van der Waals surface area contributed by atoms with E-state index in [0.29, 0.717) is 52.9 Å². The number of benzene rings is 1. The lowest BCUT2D eigenvalue weighted by Gasteiger charge is -2.26. The Bertz CT molecular complexity index is 1040. The molecule has 1 heterocycles. The molecule has 1 fully saturated rings. The van der Waals surface area contributed by atoms with E-state index in [1.54, 1.807) is 36.1 Å². The maximum absolute atomic E-state index is 12.7. The molecule has 9 heteroatoms. The summed E-state index contributed by atoms with van der Waals surface area (Å²) in [7, 11) is 0. The standard InChI is InChI=1S/C23H25Cl3N4O2/c1-14(20(27)22(31)29-23(32)30-11-3-2-4-12-30)21(15-5-7-16(24)8-6-15)28-19-10-9-17(25)13-18(19)26/h5,7,9-10,13H,2-4,6,8,11-12,27H2,1H3,(H,29,31,32). The largest absolute Gasteiger partial charge is 0.394 e. The summed E-state index contributed by atoms with van der Waals surface area (Å²) in [6.45, 7) is 2.96. The van der Waals surface area contributed by atoms with E-state index in [2.05, 4.69) is 5.32 Å². The number of imide groups is 1. The molecule has 0 unspecified atom stereocenters. The lowest BCUT2D eigenvalue weighted by molar-refractivity contribution is -0.116. The van der Waals surface area contributed by atoms with Crippen LogP contribution < -0.4 is 11.1 Å². The molecule has 1 aromatic carbocycles. The van der Waals surface area contributed by atoms with Crippen LogP contribution in [-0.4, -0.2) is 35.6 Å². The molecular weight excluding hydrogens is 471 g/mol. The Kier molecular flexibility index (Phi) is 8.40. The first kappa shape index (κ1) is 24.4. The number of allylic oxidation sites excluding steroid dienone is 5. The van der Waals surface area contributed by atoms with Crippen LogP contribution in [0, 0.1) is 0 Å². The number of nitrogens with zero attached hydrogens (tertiary/aromatic N) is 2. The molecule has 170 valence electrons. The summed E-state index contributed by atoms with van der Waals surface area (Å²) >= 11 is 18.4. The molecule has 0 spiro atoms. The number of urea groups is 1. The van der Waals surface area contributed by atoms with Crippen molar-refractivity contribution >= 4 is 58.1 Å². The van der Waals surface area contributed by atoms with Crippen LogP contribution in [-0.2, 0) is 4.79 Å². The number of hydrogen-bond donors (Lipinski definition) is 2. The van der Waals surface area contributed by atoms with Crippen molar-refractivity contribution in [3.63, 3.8) is 0 Å². The number of piperidine rings is 1. The average Bonchev–Trinajstić information content (AvgIpc) is 2.79. The van der Waals surface area contributed by atoms with Gasteiger partial charge in [-0.1, -0.05) is 40.9 Å². The molecule has 0 bridgehead atoms. The highest BCUT2D eigenvalue weighted by molar-refractivity contribution is 6.36. The molecule has 1 aliphatic heterocycles. The molecular formula is C23H25Cl3N4O2. The molecule has 6 nitrogen and oxygen atoms in total. The van der Waals surface area contributed by atoms with Crippen molar-refractivity contribution in [2.75, 3.05) is 13.1 Å². The van der Waals surface area contributed by atoms with Crippen molar-refractivity contribution in [1.29, 1.82) is 0 Å². The van der Waals surface area contributed by atoms with E-state index >= 15 is 0 Å². The van der Waals surface area contributed by atoms with E-state index in [9.17, 15) is 9.59 Å². The first-order valence-corrected chi connectivity index (χ1v) is 11.6. The Balaban J connectivity index is 1.93. The van der Waals surface area contributed by atoms with Crippen LogP contribution in [0.15, 0.2) is 57.2 Å². The third-order valence-corrected chi connectivity index (χ3v) is 6.27. The van der Waals surface area contributed by atoms with Gasteiger partial charge in [0.25, 0.3) is 5.91 Å². The Morgan fingerprint density at radius 3 is 2.41 bits per heavy atom. The van der Waals surface area contributed by atoms with Gasteiger partial charge in [0.2, 0.25) is 0 Å². The smallest absolute Gasteiger partial charge is 0.324 e. The number of nitrogens with two attached hydrogens (primary N) is 1. The number of rotatable bonds is 4. The van der Waals surface area contributed by atoms with Gasteiger partial charge in [-0.3, -0.25) is 10.1 Å². The molecule has 1 saturated heterocycles. The molecule has 2 aliphatic rings. The first-order chi connectivity index (χ1) is 15.3. The maximum atomic E-state index is 12.7. The van der Waals surface area contributed by atoms with Crippen LogP contribution >= 0.6 is 34.8 Å². The lowest BCUT2D eigenvalue weighted by Crippen LogP contribution is -2.46. The summed E-state index contributed by atoms with van der Waals surface area (Å²) in [5.74, 6) is -0.655. The molecule has 0 aromatic heterocycles. The number of carbonyl (C=O) groups excluding carboxylic acids is 2. The minimum atomic E-state index is -0.655. The number of amides is 3. The highest BCUT2D eigenvalue weighted by Gasteiger charge is 2.23. The normalized spacial score (nSPS) is 17.9. The fourth-order valence-electron chi connectivity index (χ4n) is 3.54. The van der Waals surface area contributed by atoms with Gasteiger partial charge in [0, 0.05) is 28.7 Å². The van der Waals surface area contributed by atoms with Gasteiger partial charge < -0.3 is 10.6 Å². The van der Waals surface area contributed by atoms with Crippen LogP contribution in [0.4, 0.5) is 10.5 Å². The van der Waals surface area contributed by atoms with Crippen molar-refractivity contribution in [3.05, 3.63) is 62.3 Å². The third-order valence-electron chi connectivity index (χ3n) is 5.41. The number of likely N-dealkylation sites (tertiary alicyclic amines) is 1. The minimum Gasteiger partial charge on any atom is -0.394 e. The Labute approximate surface area is 202 Å². The van der Waals surface area contributed by atoms with Crippen molar-refractivity contribution < 1.29 is 9.59 Å². The zero-order valence-corrected chi connectivity index (χ0v) is 20.0. The topological polar surface area (TPSA) is 87.8 Å². The van der Waals surface area contributed by atoms with Gasteiger partial charge in [0.15, 0.2) is 0 Å². The van der Waals surface area contributed by atoms with Crippen LogP contribution in [0.2, 0.25) is 10.0 Å². The number of aliphatic imine (C=N–C) groups is 1. The Morgan fingerprint density at radius 1 is 1.06 bits per heavy atom. The molecule has 1 aromatic rings. The van der Waals surface area contributed by atoms with Gasteiger partial charge >= 0.3 is 6.03 Å². The number of nitrogens with one attached hydrogen (secondary N) is 1. The second-order valence-corrected chi connectivity index (χ2v) is 9.04. The second kappa shape index (κ2) is 11.0. The van der Waals surface area contributed by atoms with Crippen molar-refractivity contribution in [2.24, 2.45) is 10.7 Å². The lowest BCUT2D eigenvalue weighted by atomic mass is 9.94. The third kappa shape index (κ3) is 6.15. The summed E-state index contributed by atoms with van der Waals surface area (Å²) in [5.41, 5.74) is 8.40. The van der Waals surface area contributed by atoms with Gasteiger partial charge in [0.05, 0.1) is 16.4 Å². The number of carbonyl (C=O) groups is 2. The van der Waals surface area contributed by atoms with E-state index in [0.717, 1.165) is 29.9 Å². The fraction of sp³-hybridized carbons (Fsp3) is 0.348. The quantitative estimate of drug-likeness (QED) is 0.405. The number of hydrogen-bond acceptors (Lipinski definition) is 4. The summed E-state index contributed by atoms with van der Waals surface area (Å²) in [4.78, 5) is 31.5. The van der Waals surface area contributed by atoms with E-state index in [-0.39, 0.29) is 5.70 Å². The highest BCUT2D eigenvalue weighted by Crippen LogP contribution is 2.31. The van der Waals surface area contributed by atoms with E-state index < -0.39 is 11.9 Å². The van der Waals surface area contributed by atoms with Crippen molar-refractivity contribution in [3.8, 4) is 0 Å². The Morgan fingerprint density at radius 2 is 1.78 bits per heavy atom. The van der Waals surface area contributed by atoms with E-state index in [1.165, 1.54) is 0 Å². The summed E-state index contributed by atoms with van der Waals surface area (Å²) in [6, 6.07) is 4.54. The van der Waals surface area contributed by atoms with Crippen molar-refractivity contribution in [1.82, 2.24) is 10.2 Å². The molecule has 1 aliphatic carbocycles.